The van der Waals surface area contributed by atoms with Crippen molar-refractivity contribution in [2.24, 2.45) is 0 Å². The van der Waals surface area contributed by atoms with E-state index in [1.165, 1.54) is 5.56 Å². The SMILES string of the molecule is FC(F)(F)COCc1noc(C2CCCN2Cc2ccccc2)n1. The maximum atomic E-state index is 12.1. The van der Waals surface area contributed by atoms with Crippen molar-refractivity contribution in [2.45, 2.75) is 38.2 Å². The molecule has 1 unspecified atom stereocenters. The van der Waals surface area contributed by atoms with E-state index in [4.69, 9.17) is 4.52 Å². The Morgan fingerprint density at radius 3 is 2.79 bits per heavy atom. The van der Waals surface area contributed by atoms with Crippen molar-refractivity contribution in [3.8, 4) is 0 Å². The number of ether oxygens (including phenoxy) is 1. The van der Waals surface area contributed by atoms with Gasteiger partial charge in [-0.2, -0.15) is 18.2 Å². The van der Waals surface area contributed by atoms with Gasteiger partial charge in [0.05, 0.1) is 6.04 Å². The second kappa shape index (κ2) is 7.31. The van der Waals surface area contributed by atoms with Gasteiger partial charge in [0.25, 0.3) is 0 Å². The molecule has 2 aromatic rings. The average Bonchev–Trinajstić information content (AvgIpc) is 3.16. The van der Waals surface area contributed by atoms with E-state index in [-0.39, 0.29) is 18.5 Å². The van der Waals surface area contributed by atoms with Crippen molar-refractivity contribution in [2.75, 3.05) is 13.2 Å². The standard InChI is InChI=1S/C16H18F3N3O2/c17-16(18,19)11-23-10-14-20-15(24-21-14)13-7-4-8-22(13)9-12-5-2-1-3-6-12/h1-3,5-6,13H,4,7-11H2. The summed E-state index contributed by atoms with van der Waals surface area (Å²) in [4.78, 5) is 6.43. The fraction of sp³-hybridized carbons (Fsp3) is 0.500. The molecule has 1 saturated heterocycles. The lowest BCUT2D eigenvalue weighted by atomic mass is 10.2. The van der Waals surface area contributed by atoms with Gasteiger partial charge in [-0.25, -0.2) is 0 Å². The summed E-state index contributed by atoms with van der Waals surface area (Å²) in [6, 6.07) is 10.1. The summed E-state index contributed by atoms with van der Waals surface area (Å²) < 4.78 is 46.0. The van der Waals surface area contributed by atoms with Crippen molar-refractivity contribution >= 4 is 0 Å². The highest BCUT2D eigenvalue weighted by molar-refractivity contribution is 5.15. The van der Waals surface area contributed by atoms with Crippen LogP contribution in [0.2, 0.25) is 0 Å². The third-order valence-corrected chi connectivity index (χ3v) is 3.86. The summed E-state index contributed by atoms with van der Waals surface area (Å²) in [5.74, 6) is 0.579. The summed E-state index contributed by atoms with van der Waals surface area (Å²) in [6.07, 6.45) is -2.46. The van der Waals surface area contributed by atoms with Crippen molar-refractivity contribution < 1.29 is 22.4 Å². The van der Waals surface area contributed by atoms with Crippen LogP contribution in [0.4, 0.5) is 13.2 Å². The van der Waals surface area contributed by atoms with Gasteiger partial charge in [-0.05, 0) is 24.9 Å². The minimum atomic E-state index is -4.36. The third kappa shape index (κ3) is 4.55. The number of hydrogen-bond acceptors (Lipinski definition) is 5. The fourth-order valence-corrected chi connectivity index (χ4v) is 2.83. The second-order valence-electron chi connectivity index (χ2n) is 5.77. The van der Waals surface area contributed by atoms with Gasteiger partial charge in [0, 0.05) is 6.54 Å². The Morgan fingerprint density at radius 2 is 2.04 bits per heavy atom. The van der Waals surface area contributed by atoms with E-state index in [0.717, 1.165) is 25.9 Å². The summed E-state index contributed by atoms with van der Waals surface area (Å²) in [6.45, 7) is 0.0600. The minimum Gasteiger partial charge on any atom is -0.364 e. The Balaban J connectivity index is 1.59. The van der Waals surface area contributed by atoms with Gasteiger partial charge in [0.1, 0.15) is 13.2 Å². The number of nitrogens with zero attached hydrogens (tertiary/aromatic N) is 3. The molecule has 0 radical (unpaired) electrons. The molecule has 8 heteroatoms. The van der Waals surface area contributed by atoms with Gasteiger partial charge >= 0.3 is 6.18 Å². The lowest BCUT2D eigenvalue weighted by molar-refractivity contribution is -0.177. The molecular weight excluding hydrogens is 323 g/mol. The molecule has 1 aromatic heterocycles. The molecule has 1 aliphatic heterocycles. The number of rotatable bonds is 6. The predicted octanol–water partition coefficient (Wildman–Crippen LogP) is 3.49. The third-order valence-electron chi connectivity index (χ3n) is 3.86. The van der Waals surface area contributed by atoms with Crippen molar-refractivity contribution in [1.82, 2.24) is 15.0 Å². The summed E-state index contributed by atoms with van der Waals surface area (Å²) in [7, 11) is 0. The van der Waals surface area contributed by atoms with Gasteiger partial charge in [0.2, 0.25) is 5.89 Å². The molecule has 0 amide bonds. The van der Waals surface area contributed by atoms with Crippen LogP contribution < -0.4 is 0 Å². The van der Waals surface area contributed by atoms with Gasteiger partial charge in [-0.1, -0.05) is 35.5 Å². The van der Waals surface area contributed by atoms with Crippen molar-refractivity contribution in [3.63, 3.8) is 0 Å². The maximum absolute atomic E-state index is 12.1. The molecule has 1 fully saturated rings. The first-order valence-electron chi connectivity index (χ1n) is 7.76. The van der Waals surface area contributed by atoms with E-state index >= 15 is 0 Å². The molecule has 0 saturated carbocycles. The zero-order chi connectivity index (χ0) is 17.0. The van der Waals surface area contributed by atoms with E-state index in [0.29, 0.717) is 5.89 Å². The molecule has 0 N–H and O–H groups in total. The lowest BCUT2D eigenvalue weighted by Crippen LogP contribution is -2.23. The molecule has 5 nitrogen and oxygen atoms in total. The zero-order valence-corrected chi connectivity index (χ0v) is 13.0. The van der Waals surface area contributed by atoms with E-state index in [1.807, 2.05) is 18.2 Å². The highest BCUT2D eigenvalue weighted by atomic mass is 19.4. The quantitative estimate of drug-likeness (QED) is 0.805. The van der Waals surface area contributed by atoms with Gasteiger partial charge < -0.3 is 9.26 Å². The number of benzene rings is 1. The highest BCUT2D eigenvalue weighted by Gasteiger charge is 2.31. The molecule has 3 rings (SSSR count). The van der Waals surface area contributed by atoms with E-state index in [2.05, 4.69) is 31.9 Å². The van der Waals surface area contributed by atoms with Crippen LogP contribution in [0, 0.1) is 0 Å². The first-order valence-corrected chi connectivity index (χ1v) is 7.76. The molecule has 0 bridgehead atoms. The van der Waals surface area contributed by atoms with Gasteiger partial charge in [-0.3, -0.25) is 4.90 Å². The smallest absolute Gasteiger partial charge is 0.364 e. The predicted molar refractivity (Wildman–Crippen MR) is 78.8 cm³/mol. The Morgan fingerprint density at radius 1 is 1.25 bits per heavy atom. The highest BCUT2D eigenvalue weighted by Crippen LogP contribution is 2.32. The molecular formula is C16H18F3N3O2. The summed E-state index contributed by atoms with van der Waals surface area (Å²) in [5, 5.41) is 3.72. The molecule has 0 aliphatic carbocycles. The summed E-state index contributed by atoms with van der Waals surface area (Å²) >= 11 is 0. The number of aromatic nitrogens is 2. The Labute approximate surface area is 137 Å². The van der Waals surface area contributed by atoms with Crippen molar-refractivity contribution in [3.05, 3.63) is 47.6 Å². The Kier molecular flexibility index (Phi) is 5.15. The van der Waals surface area contributed by atoms with Crippen LogP contribution in [0.15, 0.2) is 34.9 Å². The molecule has 130 valence electrons. The first-order chi connectivity index (χ1) is 11.5. The van der Waals surface area contributed by atoms with Crippen LogP contribution in [0.25, 0.3) is 0 Å². The number of likely N-dealkylation sites (tertiary alicyclic amines) is 1. The second-order valence-corrected chi connectivity index (χ2v) is 5.77. The van der Waals surface area contributed by atoms with Crippen LogP contribution in [-0.4, -0.2) is 34.4 Å². The van der Waals surface area contributed by atoms with Crippen molar-refractivity contribution in [1.29, 1.82) is 0 Å². The van der Waals surface area contributed by atoms with E-state index in [1.54, 1.807) is 0 Å². The topological polar surface area (TPSA) is 51.4 Å². The molecule has 1 aromatic carbocycles. The van der Waals surface area contributed by atoms with Crippen LogP contribution in [0.1, 0.15) is 36.2 Å². The normalized spacial score (nSPS) is 19.0. The lowest BCUT2D eigenvalue weighted by Gasteiger charge is -2.21. The van der Waals surface area contributed by atoms with Crippen LogP contribution in [0.5, 0.6) is 0 Å². The van der Waals surface area contributed by atoms with E-state index in [9.17, 15) is 13.2 Å². The largest absolute Gasteiger partial charge is 0.411 e. The monoisotopic (exact) mass is 341 g/mol. The van der Waals surface area contributed by atoms with Crippen LogP contribution >= 0.6 is 0 Å². The summed E-state index contributed by atoms with van der Waals surface area (Å²) in [5.41, 5.74) is 1.19. The Bertz CT molecular complexity index is 646. The maximum Gasteiger partial charge on any atom is 0.411 e. The molecule has 24 heavy (non-hydrogen) atoms. The number of hydrogen-bond donors (Lipinski definition) is 0. The Hall–Kier alpha value is -1.93. The molecule has 1 aliphatic rings. The van der Waals surface area contributed by atoms with Gasteiger partial charge in [0.15, 0.2) is 5.82 Å². The number of halogens is 3. The zero-order valence-electron chi connectivity index (χ0n) is 13.0. The van der Waals surface area contributed by atoms with E-state index < -0.39 is 12.8 Å². The van der Waals surface area contributed by atoms with Crippen LogP contribution in [-0.2, 0) is 17.9 Å². The first kappa shape index (κ1) is 16.9. The molecule has 2 heterocycles. The average molecular weight is 341 g/mol. The fourth-order valence-electron chi connectivity index (χ4n) is 2.83. The van der Waals surface area contributed by atoms with Crippen LogP contribution in [0.3, 0.4) is 0 Å². The van der Waals surface area contributed by atoms with Gasteiger partial charge in [-0.15, -0.1) is 0 Å². The minimum absolute atomic E-state index is 0.00549. The number of alkyl halides is 3. The molecule has 1 atom stereocenters. The molecule has 0 spiro atoms.